The van der Waals surface area contributed by atoms with Crippen molar-refractivity contribution in [2.24, 2.45) is 0 Å². The Bertz CT molecular complexity index is 982. The van der Waals surface area contributed by atoms with Gasteiger partial charge in [-0.2, -0.15) is 0 Å². The van der Waals surface area contributed by atoms with Crippen LogP contribution < -0.4 is 4.90 Å². The van der Waals surface area contributed by atoms with Gasteiger partial charge in [0.1, 0.15) is 18.0 Å². The number of likely N-dealkylation sites (tertiary alicyclic amines) is 1. The Balaban J connectivity index is 1.47. The lowest BCUT2D eigenvalue weighted by Gasteiger charge is -2.35. The molecule has 1 unspecified atom stereocenters. The molecule has 1 aromatic heterocycles. The van der Waals surface area contributed by atoms with Crippen molar-refractivity contribution in [1.29, 1.82) is 0 Å². The number of anilines is 1. The van der Waals surface area contributed by atoms with Crippen molar-refractivity contribution in [2.45, 2.75) is 90.0 Å². The fraction of sp³-hybridized carbons (Fsp3) is 0.536. The Labute approximate surface area is 208 Å². The van der Waals surface area contributed by atoms with Crippen LogP contribution in [-0.2, 0) is 16.1 Å². The van der Waals surface area contributed by atoms with Crippen LogP contribution >= 0.6 is 0 Å². The highest BCUT2D eigenvalue weighted by Crippen LogP contribution is 2.34. The highest BCUT2D eigenvalue weighted by Gasteiger charge is 2.34. The van der Waals surface area contributed by atoms with Crippen molar-refractivity contribution in [3.63, 3.8) is 0 Å². The fourth-order valence-electron chi connectivity index (χ4n) is 4.95. The third-order valence-corrected chi connectivity index (χ3v) is 6.62. The van der Waals surface area contributed by atoms with E-state index in [9.17, 15) is 9.59 Å². The maximum Gasteiger partial charge on any atom is 0.416 e. The van der Waals surface area contributed by atoms with Crippen LogP contribution in [0.5, 0.6) is 0 Å². The topological polar surface area (TPSA) is 72.0 Å². The molecule has 2 fully saturated rings. The molecule has 188 valence electrons. The summed E-state index contributed by atoms with van der Waals surface area (Å²) in [5, 5.41) is 0. The van der Waals surface area contributed by atoms with E-state index in [2.05, 4.69) is 4.98 Å². The largest absolute Gasteiger partial charge is 0.445 e. The Morgan fingerprint density at radius 2 is 1.74 bits per heavy atom. The standard InChI is InChI=1S/C28H37N3O4/c1-28(2,3)35-27(33)31(23-13-8-5-9-14-23)25-17-16-22(19-29-25)24-15-10-18-30(24)26(32)34-20-21-11-6-4-7-12-21/h4,6-7,11-12,16-17,19,23-24H,5,8-10,13-15,18,20H2,1-3H3. The zero-order chi connectivity index (χ0) is 24.8. The second kappa shape index (κ2) is 11.1. The quantitative estimate of drug-likeness (QED) is 0.481. The molecular weight excluding hydrogens is 442 g/mol. The number of rotatable bonds is 5. The molecule has 1 saturated carbocycles. The van der Waals surface area contributed by atoms with Gasteiger partial charge < -0.3 is 14.4 Å². The fourth-order valence-corrected chi connectivity index (χ4v) is 4.95. The van der Waals surface area contributed by atoms with Crippen molar-refractivity contribution in [2.75, 3.05) is 11.4 Å². The number of hydrogen-bond donors (Lipinski definition) is 0. The summed E-state index contributed by atoms with van der Waals surface area (Å²) in [6, 6.07) is 13.6. The summed E-state index contributed by atoms with van der Waals surface area (Å²) in [4.78, 5) is 34.1. The molecule has 2 heterocycles. The normalized spacial score (nSPS) is 18.8. The second-order valence-corrected chi connectivity index (χ2v) is 10.5. The lowest BCUT2D eigenvalue weighted by atomic mass is 9.94. The van der Waals surface area contributed by atoms with Gasteiger partial charge in [0.05, 0.1) is 6.04 Å². The number of hydrogen-bond acceptors (Lipinski definition) is 5. The van der Waals surface area contributed by atoms with Gasteiger partial charge in [-0.05, 0) is 63.6 Å². The molecular formula is C28H37N3O4. The van der Waals surface area contributed by atoms with Crippen LogP contribution in [0.15, 0.2) is 48.7 Å². The third kappa shape index (κ3) is 6.53. The van der Waals surface area contributed by atoms with Gasteiger partial charge in [0.2, 0.25) is 0 Å². The van der Waals surface area contributed by atoms with Gasteiger partial charge in [-0.25, -0.2) is 14.6 Å². The Morgan fingerprint density at radius 3 is 2.40 bits per heavy atom. The summed E-state index contributed by atoms with van der Waals surface area (Å²) in [6.07, 6.45) is 8.22. The van der Waals surface area contributed by atoms with E-state index in [1.54, 1.807) is 16.0 Å². The van der Waals surface area contributed by atoms with Crippen LogP contribution in [0.2, 0.25) is 0 Å². The van der Waals surface area contributed by atoms with Crippen LogP contribution in [0.25, 0.3) is 0 Å². The second-order valence-electron chi connectivity index (χ2n) is 10.5. The number of ether oxygens (including phenoxy) is 2. The summed E-state index contributed by atoms with van der Waals surface area (Å²) < 4.78 is 11.3. The summed E-state index contributed by atoms with van der Waals surface area (Å²) in [7, 11) is 0. The van der Waals surface area contributed by atoms with Crippen LogP contribution in [0.4, 0.5) is 15.4 Å². The number of aromatic nitrogens is 1. The van der Waals surface area contributed by atoms with E-state index in [0.29, 0.717) is 12.4 Å². The number of carbonyl (C=O) groups excluding carboxylic acids is 2. The van der Waals surface area contributed by atoms with Gasteiger partial charge in [0, 0.05) is 18.8 Å². The van der Waals surface area contributed by atoms with Crippen molar-refractivity contribution in [3.05, 3.63) is 59.8 Å². The minimum atomic E-state index is -0.575. The minimum Gasteiger partial charge on any atom is -0.445 e. The van der Waals surface area contributed by atoms with Crippen LogP contribution in [0.1, 0.15) is 82.9 Å². The van der Waals surface area contributed by atoms with E-state index in [1.165, 1.54) is 6.42 Å². The molecule has 2 aromatic rings. The molecule has 0 radical (unpaired) electrons. The molecule has 1 saturated heterocycles. The molecule has 2 aliphatic rings. The third-order valence-electron chi connectivity index (χ3n) is 6.62. The molecule has 1 aliphatic heterocycles. The molecule has 1 atom stereocenters. The van der Waals surface area contributed by atoms with Crippen molar-refractivity contribution in [3.8, 4) is 0 Å². The number of nitrogens with zero attached hydrogens (tertiary/aromatic N) is 3. The minimum absolute atomic E-state index is 0.0792. The number of carbonyl (C=O) groups is 2. The van der Waals surface area contributed by atoms with Crippen LogP contribution in [0.3, 0.4) is 0 Å². The molecule has 7 nitrogen and oxygen atoms in total. The first-order valence-corrected chi connectivity index (χ1v) is 12.8. The first-order valence-electron chi connectivity index (χ1n) is 12.8. The maximum absolute atomic E-state index is 13.1. The van der Waals surface area contributed by atoms with Crippen LogP contribution in [0, 0.1) is 0 Å². The first kappa shape index (κ1) is 25.0. The van der Waals surface area contributed by atoms with E-state index in [-0.39, 0.29) is 30.9 Å². The molecule has 0 N–H and O–H groups in total. The van der Waals surface area contributed by atoms with Gasteiger partial charge in [0.25, 0.3) is 0 Å². The van der Waals surface area contributed by atoms with E-state index < -0.39 is 5.60 Å². The lowest BCUT2D eigenvalue weighted by Crippen LogP contribution is -2.45. The average Bonchev–Trinajstić information content (AvgIpc) is 3.33. The first-order chi connectivity index (χ1) is 16.8. The van der Waals surface area contributed by atoms with Gasteiger partial charge in [0.15, 0.2) is 0 Å². The molecule has 1 aromatic carbocycles. The SMILES string of the molecule is CC(C)(C)OC(=O)N(c1ccc(C2CCCN2C(=O)OCc2ccccc2)cn1)C1CCCCC1. The molecule has 1 aliphatic carbocycles. The highest BCUT2D eigenvalue weighted by atomic mass is 16.6. The molecule has 0 bridgehead atoms. The Morgan fingerprint density at radius 1 is 1.00 bits per heavy atom. The van der Waals surface area contributed by atoms with Gasteiger partial charge >= 0.3 is 12.2 Å². The number of amides is 2. The van der Waals surface area contributed by atoms with Crippen molar-refractivity contribution < 1.29 is 19.1 Å². The summed E-state index contributed by atoms with van der Waals surface area (Å²) in [6.45, 7) is 6.56. The van der Waals surface area contributed by atoms with Gasteiger partial charge in [-0.15, -0.1) is 0 Å². The average molecular weight is 480 g/mol. The number of benzene rings is 1. The van der Waals surface area contributed by atoms with E-state index in [4.69, 9.17) is 9.47 Å². The summed E-state index contributed by atoms with van der Waals surface area (Å²) in [5.41, 5.74) is 1.34. The molecule has 0 spiro atoms. The van der Waals surface area contributed by atoms with Gasteiger partial charge in [-0.1, -0.05) is 55.7 Å². The van der Waals surface area contributed by atoms with E-state index in [1.807, 2.05) is 63.2 Å². The van der Waals surface area contributed by atoms with Crippen molar-refractivity contribution in [1.82, 2.24) is 9.88 Å². The molecule has 2 amide bonds. The van der Waals surface area contributed by atoms with E-state index in [0.717, 1.165) is 49.7 Å². The van der Waals surface area contributed by atoms with Crippen LogP contribution in [-0.4, -0.2) is 40.3 Å². The Hall–Kier alpha value is -3.09. The predicted molar refractivity (Wildman–Crippen MR) is 135 cm³/mol. The Kier molecular flexibility index (Phi) is 7.93. The zero-order valence-corrected chi connectivity index (χ0v) is 21.1. The van der Waals surface area contributed by atoms with Crippen molar-refractivity contribution >= 4 is 18.0 Å². The lowest BCUT2D eigenvalue weighted by molar-refractivity contribution is 0.0556. The molecule has 7 heteroatoms. The monoisotopic (exact) mass is 479 g/mol. The molecule has 35 heavy (non-hydrogen) atoms. The van der Waals surface area contributed by atoms with E-state index >= 15 is 0 Å². The predicted octanol–water partition coefficient (Wildman–Crippen LogP) is 6.63. The molecule has 4 rings (SSSR count). The zero-order valence-electron chi connectivity index (χ0n) is 21.1. The number of pyridine rings is 1. The smallest absolute Gasteiger partial charge is 0.416 e. The van der Waals surface area contributed by atoms with Gasteiger partial charge in [-0.3, -0.25) is 4.90 Å². The summed E-state index contributed by atoms with van der Waals surface area (Å²) >= 11 is 0. The summed E-state index contributed by atoms with van der Waals surface area (Å²) in [5.74, 6) is 0.603. The highest BCUT2D eigenvalue weighted by molar-refractivity contribution is 5.87. The maximum atomic E-state index is 13.1.